The minimum Gasteiger partial charge on any atom is -0.299 e. The van der Waals surface area contributed by atoms with Crippen molar-refractivity contribution in [3.05, 3.63) is 34.9 Å². The summed E-state index contributed by atoms with van der Waals surface area (Å²) >= 11 is 0. The maximum Gasteiger partial charge on any atom is 0.142 e. The van der Waals surface area contributed by atoms with Crippen molar-refractivity contribution in [3.8, 4) is 0 Å². The Balaban J connectivity index is 2.17. The maximum atomic E-state index is 12.0. The third-order valence-electron chi connectivity index (χ3n) is 3.19. The van der Waals surface area contributed by atoms with E-state index < -0.39 is 0 Å². The van der Waals surface area contributed by atoms with E-state index in [2.05, 4.69) is 6.07 Å². The fourth-order valence-corrected chi connectivity index (χ4v) is 2.02. The predicted octanol–water partition coefficient (Wildman–Crippen LogP) is 3.33. The number of Topliss-reactive ketones (excluding diaryl/α,β-unsaturated/α-hetero) is 1. The Hall–Kier alpha value is -1.11. The Morgan fingerprint density at radius 3 is 2.81 bits per heavy atom. The summed E-state index contributed by atoms with van der Waals surface area (Å²) in [5, 5.41) is 0. The highest BCUT2D eigenvalue weighted by Gasteiger charge is 2.21. The molecule has 0 saturated heterocycles. The van der Waals surface area contributed by atoms with Gasteiger partial charge in [0.2, 0.25) is 0 Å². The lowest BCUT2D eigenvalue weighted by Crippen LogP contribution is -2.22. The van der Waals surface area contributed by atoms with Crippen molar-refractivity contribution in [3.63, 3.8) is 0 Å². The first-order valence-electron chi connectivity index (χ1n) is 6.53. The minimum absolute atomic E-state index is 0.0580. The van der Waals surface area contributed by atoms with Gasteiger partial charge in [0.15, 0.2) is 0 Å². The zero-order valence-corrected chi connectivity index (χ0v) is 10.3. The van der Waals surface area contributed by atoms with Crippen LogP contribution in [0.4, 0.5) is 0 Å². The first kappa shape index (κ1) is 10.1. The van der Waals surface area contributed by atoms with Crippen LogP contribution in [0.5, 0.6) is 0 Å². The van der Waals surface area contributed by atoms with Crippen LogP contribution < -0.4 is 0 Å². The summed E-state index contributed by atoms with van der Waals surface area (Å²) < 4.78 is 7.86. The second-order valence-electron chi connectivity index (χ2n) is 5.63. The van der Waals surface area contributed by atoms with Crippen LogP contribution in [0.25, 0.3) is 0 Å². The predicted molar refractivity (Wildman–Crippen MR) is 66.6 cm³/mol. The summed E-state index contributed by atoms with van der Waals surface area (Å²) in [6.45, 7) is 5.88. The second kappa shape index (κ2) is 4.04. The molecule has 0 aromatic heterocycles. The number of carbonyl (C=O) groups is 1. The van der Waals surface area contributed by atoms with Gasteiger partial charge in [0.05, 0.1) is 0 Å². The first-order valence-corrected chi connectivity index (χ1v) is 5.95. The van der Waals surface area contributed by atoms with Gasteiger partial charge < -0.3 is 0 Å². The maximum absolute atomic E-state index is 12.0. The molecule has 86 valence electrons. The summed E-state index contributed by atoms with van der Waals surface area (Å²) in [6.07, 6.45) is 2.37. The molecule has 2 rings (SSSR count). The molecule has 0 spiro atoms. The van der Waals surface area contributed by atoms with Crippen LogP contribution in [0.3, 0.4) is 0 Å². The topological polar surface area (TPSA) is 17.1 Å². The van der Waals surface area contributed by atoms with Crippen LogP contribution in [-0.2, 0) is 24.0 Å². The number of hydrogen-bond donors (Lipinski definition) is 0. The summed E-state index contributed by atoms with van der Waals surface area (Å²) in [4.78, 5) is 12.0. The monoisotopic (exact) mass is 217 g/mol. The normalized spacial score (nSPS) is 20.4. The Bertz CT molecular complexity index is 443. The molecule has 1 heteroatoms. The lowest BCUT2D eigenvalue weighted by molar-refractivity contribution is -0.125. The van der Waals surface area contributed by atoms with Crippen molar-refractivity contribution in [2.75, 3.05) is 0 Å². The van der Waals surface area contributed by atoms with E-state index in [4.69, 9.17) is 1.37 Å². The van der Waals surface area contributed by atoms with Crippen molar-refractivity contribution < 1.29 is 6.17 Å². The van der Waals surface area contributed by atoms with Gasteiger partial charge in [-0.2, -0.15) is 0 Å². The molecule has 1 nitrogen and oxygen atoms in total. The molecule has 16 heavy (non-hydrogen) atoms. The van der Waals surface area contributed by atoms with Gasteiger partial charge >= 0.3 is 0 Å². The fourth-order valence-electron chi connectivity index (χ4n) is 2.02. The third kappa shape index (κ3) is 2.34. The van der Waals surface area contributed by atoms with E-state index in [-0.39, 0.29) is 17.6 Å². The van der Waals surface area contributed by atoms with Gasteiger partial charge in [0.1, 0.15) is 5.78 Å². The van der Waals surface area contributed by atoms with Gasteiger partial charge in [-0.05, 0) is 35.9 Å². The largest absolute Gasteiger partial charge is 0.299 e. The standard InChI is InChI=1S/C15H20O/c1-15(2,3)14(16)10-11-7-8-12-5-4-6-13(12)9-11/h7-9H,4-6,10H2,1-3H3/i5D. The molecule has 0 fully saturated rings. The summed E-state index contributed by atoms with van der Waals surface area (Å²) in [5.41, 5.74) is 3.25. The molecule has 0 aliphatic heterocycles. The van der Waals surface area contributed by atoms with Gasteiger partial charge in [-0.25, -0.2) is 0 Å². The van der Waals surface area contributed by atoms with Crippen LogP contribution in [0.2, 0.25) is 0 Å². The highest BCUT2D eigenvalue weighted by molar-refractivity contribution is 5.85. The van der Waals surface area contributed by atoms with E-state index in [1.165, 1.54) is 5.56 Å². The van der Waals surface area contributed by atoms with Gasteiger partial charge in [0, 0.05) is 13.2 Å². The van der Waals surface area contributed by atoms with Crippen molar-refractivity contribution in [2.24, 2.45) is 5.41 Å². The molecule has 1 atom stereocenters. The van der Waals surface area contributed by atoms with E-state index >= 15 is 0 Å². The zero-order valence-electron chi connectivity index (χ0n) is 11.3. The van der Waals surface area contributed by atoms with Crippen LogP contribution in [-0.4, -0.2) is 5.78 Å². The molecular formula is C15H20O. The number of ketones is 1. The SMILES string of the molecule is [2H]C1CCc2cc(CC(=O)C(C)(C)C)ccc21. The van der Waals surface area contributed by atoms with Crippen LogP contribution in [0.1, 0.15) is 45.3 Å². The van der Waals surface area contributed by atoms with Crippen molar-refractivity contribution >= 4 is 5.78 Å². The second-order valence-corrected chi connectivity index (χ2v) is 5.63. The molecule has 0 N–H and O–H groups in total. The lowest BCUT2D eigenvalue weighted by Gasteiger charge is -2.16. The molecule has 0 bridgehead atoms. The summed E-state index contributed by atoms with van der Waals surface area (Å²) in [7, 11) is 0. The van der Waals surface area contributed by atoms with Gasteiger partial charge in [-0.1, -0.05) is 39.0 Å². The van der Waals surface area contributed by atoms with Gasteiger partial charge in [-0.15, -0.1) is 0 Å². The molecule has 0 radical (unpaired) electrons. The van der Waals surface area contributed by atoms with Crippen LogP contribution in [0.15, 0.2) is 18.2 Å². The van der Waals surface area contributed by atoms with Crippen molar-refractivity contribution in [1.29, 1.82) is 0 Å². The molecule has 0 saturated carbocycles. The average Bonchev–Trinajstić information content (AvgIpc) is 2.59. The number of rotatable bonds is 2. The van der Waals surface area contributed by atoms with Crippen molar-refractivity contribution in [2.45, 2.75) is 46.4 Å². The van der Waals surface area contributed by atoms with E-state index in [9.17, 15) is 4.79 Å². The number of fused-ring (bicyclic) bond motifs is 1. The molecule has 1 aromatic carbocycles. The van der Waals surface area contributed by atoms with Gasteiger partial charge in [-0.3, -0.25) is 4.79 Å². The van der Waals surface area contributed by atoms with E-state index in [0.29, 0.717) is 6.42 Å². The zero-order chi connectivity index (χ0) is 12.6. The van der Waals surface area contributed by atoms with Crippen LogP contribution >= 0.6 is 0 Å². The minimum atomic E-state index is -0.267. The lowest BCUT2D eigenvalue weighted by atomic mass is 9.87. The number of benzene rings is 1. The quantitative estimate of drug-likeness (QED) is 0.742. The molecule has 1 aliphatic rings. The first-order chi connectivity index (χ1) is 7.88. The highest BCUT2D eigenvalue weighted by atomic mass is 16.1. The Kier molecular flexibility index (Phi) is 2.55. The van der Waals surface area contributed by atoms with E-state index in [1.54, 1.807) is 0 Å². The summed E-state index contributed by atoms with van der Waals surface area (Å²) in [5.74, 6) is 0.276. The molecule has 0 heterocycles. The summed E-state index contributed by atoms with van der Waals surface area (Å²) in [6, 6.07) is 6.16. The highest BCUT2D eigenvalue weighted by Crippen LogP contribution is 2.24. The average molecular weight is 217 g/mol. The molecule has 0 amide bonds. The third-order valence-corrected chi connectivity index (χ3v) is 3.19. The molecular weight excluding hydrogens is 196 g/mol. The Morgan fingerprint density at radius 1 is 1.38 bits per heavy atom. The molecule has 1 aliphatic carbocycles. The van der Waals surface area contributed by atoms with Crippen LogP contribution in [0, 0.1) is 5.41 Å². The fraction of sp³-hybridized carbons (Fsp3) is 0.533. The van der Waals surface area contributed by atoms with E-state index in [1.807, 2.05) is 32.9 Å². The smallest absolute Gasteiger partial charge is 0.142 e. The Morgan fingerprint density at radius 2 is 2.12 bits per heavy atom. The number of aryl methyl sites for hydroxylation is 2. The van der Waals surface area contributed by atoms with Gasteiger partial charge in [0.25, 0.3) is 0 Å². The van der Waals surface area contributed by atoms with E-state index in [0.717, 1.165) is 24.0 Å². The van der Waals surface area contributed by atoms with Crippen molar-refractivity contribution in [1.82, 2.24) is 0 Å². The Labute approximate surface area is 99.3 Å². The number of hydrogen-bond acceptors (Lipinski definition) is 1. The molecule has 1 aromatic rings. The number of carbonyl (C=O) groups excluding carboxylic acids is 1. The molecule has 1 unspecified atom stereocenters.